The van der Waals surface area contributed by atoms with Gasteiger partial charge in [0.25, 0.3) is 5.56 Å². The number of nitrogens with one attached hydrogen (secondary N) is 1. The van der Waals surface area contributed by atoms with Crippen LogP contribution in [0.4, 0.5) is 0 Å². The first-order valence-electron chi connectivity index (χ1n) is 4.00. The molecule has 1 heterocycles. The van der Waals surface area contributed by atoms with E-state index in [1.165, 1.54) is 6.07 Å². The van der Waals surface area contributed by atoms with E-state index in [1.807, 2.05) is 19.1 Å². The summed E-state index contributed by atoms with van der Waals surface area (Å²) in [6.07, 6.45) is 0. The van der Waals surface area contributed by atoms with Crippen LogP contribution in [0, 0.1) is 6.92 Å². The molecule has 0 bridgehead atoms. The van der Waals surface area contributed by atoms with Gasteiger partial charge in [0.2, 0.25) is 0 Å². The Kier molecular flexibility index (Phi) is 1.59. The largest absolute Gasteiger partial charge is 0.494 e. The fraction of sp³-hybridized carbons (Fsp3) is 0.100. The highest BCUT2D eigenvalue weighted by Gasteiger charge is 2.02. The lowest BCUT2D eigenvalue weighted by molar-refractivity contribution is 0.459. The number of rotatable bonds is 0. The van der Waals surface area contributed by atoms with Crippen molar-refractivity contribution >= 4 is 10.8 Å². The molecule has 0 spiro atoms. The average Bonchev–Trinajstić information content (AvgIpc) is 2.07. The lowest BCUT2D eigenvalue weighted by Gasteiger charge is -2.01. The number of benzene rings is 1. The standard InChI is InChI=1S/C10H9NO2/c1-6-3-2-4-7-8(6)5-9(12)11-10(7)13/h2-5H,1H3,(H2,11,12,13). The topological polar surface area (TPSA) is 53.1 Å². The predicted molar refractivity (Wildman–Crippen MR) is 51.0 cm³/mol. The zero-order chi connectivity index (χ0) is 9.42. The SMILES string of the molecule is Cc1cccc2c(O)[nH]c(=O)cc12. The molecule has 66 valence electrons. The maximum Gasteiger partial charge on any atom is 0.251 e. The molecule has 2 rings (SSSR count). The third-order valence-corrected chi connectivity index (χ3v) is 2.10. The number of aromatic hydroxyl groups is 1. The van der Waals surface area contributed by atoms with Crippen molar-refractivity contribution in [2.75, 3.05) is 0 Å². The van der Waals surface area contributed by atoms with Crippen LogP contribution in [0.1, 0.15) is 5.56 Å². The summed E-state index contributed by atoms with van der Waals surface area (Å²) in [5, 5.41) is 10.9. The highest BCUT2D eigenvalue weighted by atomic mass is 16.3. The Balaban J connectivity index is 3.03. The molecule has 0 unspecified atom stereocenters. The van der Waals surface area contributed by atoms with Gasteiger partial charge in [0, 0.05) is 11.5 Å². The van der Waals surface area contributed by atoms with Crippen molar-refractivity contribution in [2.24, 2.45) is 0 Å². The first-order chi connectivity index (χ1) is 6.18. The maximum absolute atomic E-state index is 11.0. The highest BCUT2D eigenvalue weighted by molar-refractivity contribution is 5.88. The van der Waals surface area contributed by atoms with Crippen LogP contribution < -0.4 is 5.56 Å². The van der Waals surface area contributed by atoms with Gasteiger partial charge in [0.1, 0.15) is 0 Å². The van der Waals surface area contributed by atoms with Crippen molar-refractivity contribution in [2.45, 2.75) is 6.92 Å². The van der Waals surface area contributed by atoms with Gasteiger partial charge in [-0.1, -0.05) is 12.1 Å². The Morgan fingerprint density at radius 1 is 1.31 bits per heavy atom. The summed E-state index contributed by atoms with van der Waals surface area (Å²) in [7, 11) is 0. The molecule has 0 saturated carbocycles. The second-order valence-electron chi connectivity index (χ2n) is 3.02. The number of pyridine rings is 1. The van der Waals surface area contributed by atoms with Gasteiger partial charge in [0.05, 0.1) is 0 Å². The molecule has 0 aliphatic rings. The van der Waals surface area contributed by atoms with Gasteiger partial charge in [-0.05, 0) is 23.9 Å². The molecule has 2 N–H and O–H groups in total. The zero-order valence-corrected chi connectivity index (χ0v) is 7.16. The van der Waals surface area contributed by atoms with Crippen molar-refractivity contribution < 1.29 is 5.11 Å². The van der Waals surface area contributed by atoms with Crippen LogP contribution in [-0.4, -0.2) is 10.1 Å². The molecule has 1 aromatic carbocycles. The molecule has 0 radical (unpaired) electrons. The minimum Gasteiger partial charge on any atom is -0.494 e. The molecule has 0 saturated heterocycles. The Hall–Kier alpha value is -1.77. The Morgan fingerprint density at radius 3 is 2.85 bits per heavy atom. The lowest BCUT2D eigenvalue weighted by atomic mass is 10.1. The summed E-state index contributed by atoms with van der Waals surface area (Å²) in [5.41, 5.74) is 0.707. The first-order valence-corrected chi connectivity index (χ1v) is 4.00. The Labute approximate surface area is 74.7 Å². The molecule has 0 aliphatic heterocycles. The van der Waals surface area contributed by atoms with Crippen LogP contribution in [0.2, 0.25) is 0 Å². The minimum absolute atomic E-state index is 0.0637. The minimum atomic E-state index is -0.278. The normalized spacial score (nSPS) is 10.5. The van der Waals surface area contributed by atoms with Crippen LogP contribution in [-0.2, 0) is 0 Å². The quantitative estimate of drug-likeness (QED) is 0.638. The monoisotopic (exact) mass is 175 g/mol. The van der Waals surface area contributed by atoms with Crippen molar-refractivity contribution in [3.63, 3.8) is 0 Å². The summed E-state index contributed by atoms with van der Waals surface area (Å²) < 4.78 is 0. The van der Waals surface area contributed by atoms with Crippen molar-refractivity contribution in [3.05, 3.63) is 40.2 Å². The molecule has 0 fully saturated rings. The molecule has 3 heteroatoms. The molecule has 1 aromatic heterocycles. The first kappa shape index (κ1) is 7.86. The van der Waals surface area contributed by atoms with E-state index in [2.05, 4.69) is 4.98 Å². The van der Waals surface area contributed by atoms with Crippen LogP contribution in [0.5, 0.6) is 5.88 Å². The van der Waals surface area contributed by atoms with Crippen molar-refractivity contribution in [1.29, 1.82) is 0 Å². The Bertz CT molecular complexity index is 514. The summed E-state index contributed by atoms with van der Waals surface area (Å²) in [4.78, 5) is 13.4. The van der Waals surface area contributed by atoms with E-state index in [0.29, 0.717) is 5.39 Å². The number of hydrogen-bond donors (Lipinski definition) is 2. The molecule has 0 aliphatic carbocycles. The summed E-state index contributed by atoms with van der Waals surface area (Å²) in [5.74, 6) is -0.0637. The maximum atomic E-state index is 11.0. The van der Waals surface area contributed by atoms with E-state index in [0.717, 1.165) is 10.9 Å². The fourth-order valence-corrected chi connectivity index (χ4v) is 1.43. The fourth-order valence-electron chi connectivity index (χ4n) is 1.43. The van der Waals surface area contributed by atoms with Gasteiger partial charge in [0.15, 0.2) is 5.88 Å². The number of aromatic amines is 1. The van der Waals surface area contributed by atoms with E-state index in [1.54, 1.807) is 6.07 Å². The third kappa shape index (κ3) is 1.18. The van der Waals surface area contributed by atoms with E-state index < -0.39 is 0 Å². The summed E-state index contributed by atoms with van der Waals surface area (Å²) in [6, 6.07) is 7.01. The highest BCUT2D eigenvalue weighted by Crippen LogP contribution is 2.22. The van der Waals surface area contributed by atoms with E-state index in [4.69, 9.17) is 0 Å². The third-order valence-electron chi connectivity index (χ3n) is 2.10. The van der Waals surface area contributed by atoms with Crippen LogP contribution in [0.15, 0.2) is 29.1 Å². The molecule has 13 heavy (non-hydrogen) atoms. The molecule has 3 nitrogen and oxygen atoms in total. The van der Waals surface area contributed by atoms with E-state index in [-0.39, 0.29) is 11.4 Å². The molecule has 0 amide bonds. The summed E-state index contributed by atoms with van der Waals surface area (Å²) >= 11 is 0. The van der Waals surface area contributed by atoms with E-state index >= 15 is 0 Å². The van der Waals surface area contributed by atoms with Gasteiger partial charge < -0.3 is 5.11 Å². The number of aromatic nitrogens is 1. The smallest absolute Gasteiger partial charge is 0.251 e. The van der Waals surface area contributed by atoms with E-state index in [9.17, 15) is 9.90 Å². The number of aryl methyl sites for hydroxylation is 1. The molecular weight excluding hydrogens is 166 g/mol. The Morgan fingerprint density at radius 2 is 2.08 bits per heavy atom. The van der Waals surface area contributed by atoms with Crippen molar-refractivity contribution in [1.82, 2.24) is 4.98 Å². The van der Waals surface area contributed by atoms with Gasteiger partial charge in [-0.25, -0.2) is 0 Å². The lowest BCUT2D eigenvalue weighted by Crippen LogP contribution is -2.03. The van der Waals surface area contributed by atoms with Crippen LogP contribution in [0.25, 0.3) is 10.8 Å². The van der Waals surface area contributed by atoms with Crippen LogP contribution >= 0.6 is 0 Å². The summed E-state index contributed by atoms with van der Waals surface area (Å²) in [6.45, 7) is 1.90. The van der Waals surface area contributed by atoms with Gasteiger partial charge in [-0.3, -0.25) is 9.78 Å². The van der Waals surface area contributed by atoms with Gasteiger partial charge >= 0.3 is 0 Å². The second-order valence-corrected chi connectivity index (χ2v) is 3.02. The molecular formula is C10H9NO2. The molecule has 0 atom stereocenters. The zero-order valence-electron chi connectivity index (χ0n) is 7.16. The molecule has 2 aromatic rings. The van der Waals surface area contributed by atoms with Gasteiger partial charge in [-0.15, -0.1) is 0 Å². The van der Waals surface area contributed by atoms with Crippen molar-refractivity contribution in [3.8, 4) is 5.88 Å². The van der Waals surface area contributed by atoms with Gasteiger partial charge in [-0.2, -0.15) is 0 Å². The number of H-pyrrole nitrogens is 1. The second kappa shape index (κ2) is 2.62. The van der Waals surface area contributed by atoms with Crippen LogP contribution in [0.3, 0.4) is 0 Å². The number of hydrogen-bond acceptors (Lipinski definition) is 2. The number of fused-ring (bicyclic) bond motifs is 1. The average molecular weight is 175 g/mol. The predicted octanol–water partition coefficient (Wildman–Crippen LogP) is 1.54.